The van der Waals surface area contributed by atoms with Crippen molar-refractivity contribution in [1.82, 2.24) is 9.88 Å². The van der Waals surface area contributed by atoms with Gasteiger partial charge < -0.3 is 15.0 Å². The number of nitrogens with one attached hydrogen (secondary N) is 1. The lowest BCUT2D eigenvalue weighted by Crippen LogP contribution is -2.42. The van der Waals surface area contributed by atoms with Gasteiger partial charge in [-0.3, -0.25) is 9.78 Å². The molecule has 6 heteroatoms. The first-order valence-corrected chi connectivity index (χ1v) is 8.81. The van der Waals surface area contributed by atoms with Crippen LogP contribution in [0.3, 0.4) is 0 Å². The summed E-state index contributed by atoms with van der Waals surface area (Å²) in [5.74, 6) is 0.389. The van der Waals surface area contributed by atoms with Crippen molar-refractivity contribution in [2.24, 2.45) is 11.8 Å². The number of aryl methyl sites for hydroxylation is 1. The molecule has 0 spiro atoms. The lowest BCUT2D eigenvalue weighted by molar-refractivity contribution is -0.136. The van der Waals surface area contributed by atoms with E-state index in [4.69, 9.17) is 4.74 Å². The number of nitriles is 1. The van der Waals surface area contributed by atoms with Gasteiger partial charge in [0.15, 0.2) is 0 Å². The molecule has 0 aliphatic carbocycles. The van der Waals surface area contributed by atoms with E-state index >= 15 is 0 Å². The van der Waals surface area contributed by atoms with E-state index in [1.807, 2.05) is 30.0 Å². The summed E-state index contributed by atoms with van der Waals surface area (Å²) in [7, 11) is 0. The van der Waals surface area contributed by atoms with E-state index in [1.165, 1.54) is 0 Å². The maximum atomic E-state index is 13.0. The first-order valence-electron chi connectivity index (χ1n) is 8.81. The highest BCUT2D eigenvalue weighted by Crippen LogP contribution is 2.27. The van der Waals surface area contributed by atoms with Crippen molar-refractivity contribution in [3.8, 4) is 6.07 Å². The van der Waals surface area contributed by atoms with Crippen molar-refractivity contribution < 1.29 is 9.53 Å². The highest BCUT2D eigenvalue weighted by molar-refractivity contribution is 5.80. The Balaban J connectivity index is 1.74. The average molecular weight is 340 g/mol. The number of rotatable bonds is 5. The van der Waals surface area contributed by atoms with Crippen LogP contribution in [0.4, 0.5) is 5.69 Å². The number of anilines is 1. The lowest BCUT2D eigenvalue weighted by Gasteiger charge is -2.32. The summed E-state index contributed by atoms with van der Waals surface area (Å²) in [6, 6.07) is 4.02. The van der Waals surface area contributed by atoms with Crippen molar-refractivity contribution in [3.63, 3.8) is 0 Å². The molecule has 1 aromatic rings. The van der Waals surface area contributed by atoms with Crippen LogP contribution in [0.5, 0.6) is 0 Å². The predicted molar refractivity (Wildman–Crippen MR) is 94.9 cm³/mol. The maximum Gasteiger partial charge on any atom is 0.228 e. The summed E-state index contributed by atoms with van der Waals surface area (Å²) in [5.41, 5.74) is 2.10. The van der Waals surface area contributed by atoms with Crippen molar-refractivity contribution in [1.29, 1.82) is 5.26 Å². The maximum absolute atomic E-state index is 13.0. The van der Waals surface area contributed by atoms with Crippen LogP contribution < -0.4 is 5.32 Å². The number of pyridine rings is 1. The summed E-state index contributed by atoms with van der Waals surface area (Å²) in [4.78, 5) is 19.1. The standard InChI is InChI=1S/C19H24N4O2/c1-14-10-18(16(11-20)12-21-14)22-13-17(15-4-8-25-9-5-15)19(24)23-6-2-3-7-23/h2-3,10,12,15,17H,4-9,13H2,1H3,(H,21,22). The number of carbonyl (C=O) groups excluding carboxylic acids is 1. The Kier molecular flexibility index (Phi) is 5.67. The van der Waals surface area contributed by atoms with E-state index in [0.29, 0.717) is 44.3 Å². The normalized spacial score (nSPS) is 18.8. The van der Waals surface area contributed by atoms with Crippen LogP contribution in [0, 0.1) is 30.1 Å². The van der Waals surface area contributed by atoms with Crippen LogP contribution in [-0.2, 0) is 9.53 Å². The summed E-state index contributed by atoms with van der Waals surface area (Å²) in [6.45, 7) is 5.23. The molecule has 0 aromatic carbocycles. The minimum Gasteiger partial charge on any atom is -0.383 e. The Hall–Kier alpha value is -2.39. The Labute approximate surface area is 148 Å². The van der Waals surface area contributed by atoms with Gasteiger partial charge in [0.1, 0.15) is 6.07 Å². The van der Waals surface area contributed by atoms with Gasteiger partial charge in [-0.1, -0.05) is 12.2 Å². The second-order valence-electron chi connectivity index (χ2n) is 6.63. The highest BCUT2D eigenvalue weighted by Gasteiger charge is 2.33. The number of hydrogen-bond donors (Lipinski definition) is 1. The zero-order valence-electron chi connectivity index (χ0n) is 14.6. The highest BCUT2D eigenvalue weighted by atomic mass is 16.5. The molecule has 0 bridgehead atoms. The van der Waals surface area contributed by atoms with E-state index in [9.17, 15) is 10.1 Å². The zero-order chi connectivity index (χ0) is 17.6. The van der Waals surface area contributed by atoms with Crippen molar-refractivity contribution >= 4 is 11.6 Å². The predicted octanol–water partition coefficient (Wildman–Crippen LogP) is 2.11. The third-order valence-corrected chi connectivity index (χ3v) is 4.96. The minimum atomic E-state index is -0.108. The number of aromatic nitrogens is 1. The van der Waals surface area contributed by atoms with Crippen LogP contribution in [0.2, 0.25) is 0 Å². The van der Waals surface area contributed by atoms with Gasteiger partial charge >= 0.3 is 0 Å². The Morgan fingerprint density at radius 3 is 2.84 bits per heavy atom. The molecule has 1 amide bonds. The third kappa shape index (κ3) is 4.18. The number of nitrogens with zero attached hydrogens (tertiary/aromatic N) is 3. The van der Waals surface area contributed by atoms with Crippen LogP contribution in [0.1, 0.15) is 24.1 Å². The monoisotopic (exact) mass is 340 g/mol. The van der Waals surface area contributed by atoms with Gasteiger partial charge in [-0.25, -0.2) is 0 Å². The molecular weight excluding hydrogens is 316 g/mol. The fourth-order valence-corrected chi connectivity index (χ4v) is 3.48. The largest absolute Gasteiger partial charge is 0.383 e. The lowest BCUT2D eigenvalue weighted by atomic mass is 9.84. The van der Waals surface area contributed by atoms with Crippen LogP contribution >= 0.6 is 0 Å². The molecule has 25 heavy (non-hydrogen) atoms. The van der Waals surface area contributed by atoms with Crippen LogP contribution in [0.15, 0.2) is 24.4 Å². The van der Waals surface area contributed by atoms with Gasteiger partial charge in [0.25, 0.3) is 0 Å². The summed E-state index contributed by atoms with van der Waals surface area (Å²) in [6.07, 6.45) is 7.45. The molecule has 132 valence electrons. The summed E-state index contributed by atoms with van der Waals surface area (Å²) < 4.78 is 5.46. The fourth-order valence-electron chi connectivity index (χ4n) is 3.48. The van der Waals surface area contributed by atoms with Crippen LogP contribution in [0.25, 0.3) is 0 Å². The zero-order valence-corrected chi connectivity index (χ0v) is 14.6. The van der Waals surface area contributed by atoms with Crippen LogP contribution in [-0.4, -0.2) is 48.6 Å². The second-order valence-corrected chi connectivity index (χ2v) is 6.63. The van der Waals surface area contributed by atoms with E-state index in [0.717, 1.165) is 24.2 Å². The van der Waals surface area contributed by atoms with Crippen molar-refractivity contribution in [2.75, 3.05) is 38.2 Å². The minimum absolute atomic E-state index is 0.108. The number of carbonyl (C=O) groups is 1. The SMILES string of the molecule is Cc1cc(NCC(C(=O)N2CC=CC2)C2CCOCC2)c(C#N)cn1. The smallest absolute Gasteiger partial charge is 0.228 e. The van der Waals surface area contributed by atoms with Gasteiger partial charge in [0.2, 0.25) is 5.91 Å². The Bertz CT molecular complexity index is 681. The molecule has 2 aliphatic rings. The first-order chi connectivity index (χ1) is 12.2. The molecule has 0 saturated carbocycles. The molecule has 0 radical (unpaired) electrons. The molecule has 1 N–H and O–H groups in total. The van der Waals surface area contributed by atoms with Crippen molar-refractivity contribution in [3.05, 3.63) is 35.7 Å². The van der Waals surface area contributed by atoms with Gasteiger partial charge in [0, 0.05) is 44.7 Å². The molecule has 1 fully saturated rings. The second kappa shape index (κ2) is 8.13. The molecule has 1 aromatic heterocycles. The molecule has 1 atom stereocenters. The summed E-state index contributed by atoms with van der Waals surface area (Å²) in [5, 5.41) is 12.6. The van der Waals surface area contributed by atoms with Gasteiger partial charge in [0.05, 0.1) is 17.2 Å². The molecule has 2 aliphatic heterocycles. The number of ether oxygens (including phenoxy) is 1. The van der Waals surface area contributed by atoms with Gasteiger partial charge in [-0.15, -0.1) is 0 Å². The summed E-state index contributed by atoms with van der Waals surface area (Å²) >= 11 is 0. The molecular formula is C19H24N4O2. The van der Waals surface area contributed by atoms with E-state index in [2.05, 4.69) is 16.4 Å². The van der Waals surface area contributed by atoms with E-state index < -0.39 is 0 Å². The number of hydrogen-bond acceptors (Lipinski definition) is 5. The number of amides is 1. The Morgan fingerprint density at radius 2 is 2.16 bits per heavy atom. The molecule has 3 rings (SSSR count). The molecule has 3 heterocycles. The van der Waals surface area contributed by atoms with E-state index in [-0.39, 0.29) is 11.8 Å². The molecule has 1 unspecified atom stereocenters. The Morgan fingerprint density at radius 1 is 1.44 bits per heavy atom. The van der Waals surface area contributed by atoms with Crippen molar-refractivity contribution in [2.45, 2.75) is 19.8 Å². The average Bonchev–Trinajstić information content (AvgIpc) is 3.17. The fraction of sp³-hybridized carbons (Fsp3) is 0.526. The molecule has 6 nitrogen and oxygen atoms in total. The van der Waals surface area contributed by atoms with Gasteiger partial charge in [-0.05, 0) is 31.7 Å². The topological polar surface area (TPSA) is 78.3 Å². The van der Waals surface area contributed by atoms with Gasteiger partial charge in [-0.2, -0.15) is 5.26 Å². The third-order valence-electron chi connectivity index (χ3n) is 4.96. The first kappa shape index (κ1) is 17.4. The quantitative estimate of drug-likeness (QED) is 0.831. The van der Waals surface area contributed by atoms with E-state index in [1.54, 1.807) is 6.20 Å². The molecule has 1 saturated heterocycles.